The zero-order valence-corrected chi connectivity index (χ0v) is 15.2. The van der Waals surface area contributed by atoms with E-state index in [0.717, 1.165) is 5.56 Å². The van der Waals surface area contributed by atoms with E-state index in [4.69, 9.17) is 10.2 Å². The van der Waals surface area contributed by atoms with Crippen molar-refractivity contribution in [2.24, 2.45) is 5.73 Å². The van der Waals surface area contributed by atoms with E-state index in [9.17, 15) is 9.18 Å². The molecule has 0 fully saturated rings. The Balaban J connectivity index is 1.53. The lowest BCUT2D eigenvalue weighted by atomic mass is 10.1. The van der Waals surface area contributed by atoms with Crippen LogP contribution in [-0.2, 0) is 6.42 Å². The van der Waals surface area contributed by atoms with Gasteiger partial charge in [-0.1, -0.05) is 12.1 Å². The molecule has 6 nitrogen and oxygen atoms in total. The van der Waals surface area contributed by atoms with Crippen molar-refractivity contribution in [1.82, 2.24) is 14.4 Å². The van der Waals surface area contributed by atoms with Crippen LogP contribution in [0.5, 0.6) is 0 Å². The third-order valence-electron chi connectivity index (χ3n) is 4.75. The number of hydrogen-bond donors (Lipinski definition) is 1. The zero-order chi connectivity index (χ0) is 20.0. The van der Waals surface area contributed by atoms with Gasteiger partial charge in [0, 0.05) is 18.2 Å². The van der Waals surface area contributed by atoms with Crippen molar-refractivity contribution in [2.75, 3.05) is 0 Å². The number of fused-ring (bicyclic) bond motifs is 2. The van der Waals surface area contributed by atoms with E-state index in [-0.39, 0.29) is 5.82 Å². The molecule has 0 spiro atoms. The molecule has 5 rings (SSSR count). The van der Waals surface area contributed by atoms with Crippen molar-refractivity contribution in [3.8, 4) is 11.5 Å². The smallest absolute Gasteiger partial charge is 0.267 e. The van der Waals surface area contributed by atoms with E-state index < -0.39 is 5.91 Å². The molecule has 2 aromatic carbocycles. The molecule has 0 aliphatic rings. The third-order valence-corrected chi connectivity index (χ3v) is 4.75. The molecule has 0 atom stereocenters. The number of carbonyl (C=O) groups is 1. The minimum absolute atomic E-state index is 0.315. The van der Waals surface area contributed by atoms with E-state index in [2.05, 4.69) is 9.97 Å². The van der Waals surface area contributed by atoms with E-state index in [0.29, 0.717) is 46.0 Å². The van der Waals surface area contributed by atoms with Crippen molar-refractivity contribution < 1.29 is 13.6 Å². The zero-order valence-electron chi connectivity index (χ0n) is 15.2. The van der Waals surface area contributed by atoms with Crippen LogP contribution in [0, 0.1) is 5.82 Å². The number of amides is 1. The van der Waals surface area contributed by atoms with E-state index in [1.165, 1.54) is 12.1 Å². The largest absolute Gasteiger partial charge is 0.436 e. The number of nitrogens with two attached hydrogens (primary N) is 1. The van der Waals surface area contributed by atoms with Crippen molar-refractivity contribution >= 4 is 22.7 Å². The first-order chi connectivity index (χ1) is 14.1. The number of hydrogen-bond acceptors (Lipinski definition) is 4. The van der Waals surface area contributed by atoms with Crippen LogP contribution in [0.3, 0.4) is 0 Å². The Kier molecular flexibility index (Phi) is 3.87. The summed E-state index contributed by atoms with van der Waals surface area (Å²) in [6, 6.07) is 17.1. The highest BCUT2D eigenvalue weighted by atomic mass is 19.1. The molecule has 0 bridgehead atoms. The first kappa shape index (κ1) is 17.1. The van der Waals surface area contributed by atoms with Gasteiger partial charge in [-0.2, -0.15) is 0 Å². The molecular weight excluding hydrogens is 371 g/mol. The van der Waals surface area contributed by atoms with E-state index in [1.807, 2.05) is 36.4 Å². The fraction of sp³-hybridized carbons (Fsp3) is 0.0455. The number of nitrogens with zero attached hydrogens (tertiary/aromatic N) is 3. The number of oxazole rings is 1. The maximum atomic E-state index is 13.1. The SMILES string of the molecule is NC(=O)c1c(Cc2ccc3oc(-c4ccc(F)cc4)nc3c2)nc2ccccn12. The first-order valence-corrected chi connectivity index (χ1v) is 9.00. The van der Waals surface area contributed by atoms with Crippen LogP contribution in [0.1, 0.15) is 21.7 Å². The molecule has 0 aliphatic carbocycles. The number of rotatable bonds is 4. The maximum absolute atomic E-state index is 13.1. The summed E-state index contributed by atoms with van der Waals surface area (Å²) in [6.45, 7) is 0. The van der Waals surface area contributed by atoms with Crippen molar-refractivity contribution in [3.05, 3.63) is 89.6 Å². The average molecular weight is 386 g/mol. The third kappa shape index (κ3) is 3.02. The lowest BCUT2D eigenvalue weighted by molar-refractivity contribution is 0.0994. The minimum atomic E-state index is -0.528. The fourth-order valence-electron chi connectivity index (χ4n) is 3.42. The van der Waals surface area contributed by atoms with Gasteiger partial charge in [0.25, 0.3) is 5.91 Å². The molecule has 0 aliphatic heterocycles. The number of pyridine rings is 1. The summed E-state index contributed by atoms with van der Waals surface area (Å²) in [6.07, 6.45) is 2.19. The van der Waals surface area contributed by atoms with Crippen molar-refractivity contribution in [2.45, 2.75) is 6.42 Å². The van der Waals surface area contributed by atoms with Gasteiger partial charge in [-0.3, -0.25) is 9.20 Å². The Hall–Kier alpha value is -4.00. The highest BCUT2D eigenvalue weighted by Gasteiger charge is 2.17. The molecule has 1 amide bonds. The highest BCUT2D eigenvalue weighted by molar-refractivity contribution is 5.93. The Morgan fingerprint density at radius 3 is 2.69 bits per heavy atom. The molecule has 29 heavy (non-hydrogen) atoms. The summed E-state index contributed by atoms with van der Waals surface area (Å²) in [5.74, 6) is -0.424. The monoisotopic (exact) mass is 386 g/mol. The molecule has 0 unspecified atom stereocenters. The second-order valence-electron chi connectivity index (χ2n) is 6.70. The molecule has 0 saturated carbocycles. The van der Waals surface area contributed by atoms with Crippen LogP contribution in [0.4, 0.5) is 4.39 Å². The minimum Gasteiger partial charge on any atom is -0.436 e. The van der Waals surface area contributed by atoms with Gasteiger partial charge in [-0.05, 0) is 54.1 Å². The standard InChI is InChI=1S/C22H15FN4O2/c23-15-7-5-14(6-8-15)22-26-16-11-13(4-9-18(16)29-22)12-17-20(21(24)28)27-10-2-1-3-19(27)25-17/h1-11H,12H2,(H2,24,28). The fourth-order valence-corrected chi connectivity index (χ4v) is 3.42. The van der Waals surface area contributed by atoms with Gasteiger partial charge in [0.2, 0.25) is 5.89 Å². The molecule has 5 aromatic rings. The number of imidazole rings is 1. The molecule has 0 radical (unpaired) electrons. The molecule has 2 N–H and O–H groups in total. The van der Waals surface area contributed by atoms with Crippen LogP contribution in [0.25, 0.3) is 28.2 Å². The van der Waals surface area contributed by atoms with Gasteiger partial charge in [-0.15, -0.1) is 0 Å². The topological polar surface area (TPSA) is 86.4 Å². The number of benzene rings is 2. The number of primary amides is 1. The van der Waals surface area contributed by atoms with Crippen LogP contribution in [0.15, 0.2) is 71.3 Å². The summed E-state index contributed by atoms with van der Waals surface area (Å²) in [5, 5.41) is 0. The Morgan fingerprint density at radius 2 is 1.90 bits per heavy atom. The lowest BCUT2D eigenvalue weighted by Gasteiger charge is -2.01. The van der Waals surface area contributed by atoms with E-state index in [1.54, 1.807) is 22.7 Å². The molecule has 3 heterocycles. The molecule has 0 saturated heterocycles. The summed E-state index contributed by atoms with van der Waals surface area (Å²) < 4.78 is 20.6. The van der Waals surface area contributed by atoms with Gasteiger partial charge in [0.1, 0.15) is 22.7 Å². The molecule has 3 aromatic heterocycles. The van der Waals surface area contributed by atoms with E-state index >= 15 is 0 Å². The number of halogens is 1. The van der Waals surface area contributed by atoms with Crippen molar-refractivity contribution in [1.29, 1.82) is 0 Å². The number of carbonyl (C=O) groups excluding carboxylic acids is 1. The Morgan fingerprint density at radius 1 is 1.07 bits per heavy atom. The van der Waals surface area contributed by atoms with Crippen LogP contribution >= 0.6 is 0 Å². The normalized spacial score (nSPS) is 11.3. The summed E-state index contributed by atoms with van der Waals surface area (Å²) in [5.41, 5.74) is 10.1. The van der Waals surface area contributed by atoms with Gasteiger partial charge in [-0.25, -0.2) is 14.4 Å². The van der Waals surface area contributed by atoms with Crippen LogP contribution in [-0.4, -0.2) is 20.3 Å². The summed E-state index contributed by atoms with van der Waals surface area (Å²) in [7, 11) is 0. The predicted octanol–water partition coefficient (Wildman–Crippen LogP) is 3.97. The molecule has 142 valence electrons. The van der Waals surface area contributed by atoms with Gasteiger partial charge >= 0.3 is 0 Å². The van der Waals surface area contributed by atoms with Crippen LogP contribution in [0.2, 0.25) is 0 Å². The Bertz CT molecular complexity index is 1370. The molecule has 7 heteroatoms. The summed E-state index contributed by atoms with van der Waals surface area (Å²) >= 11 is 0. The van der Waals surface area contributed by atoms with Crippen LogP contribution < -0.4 is 5.73 Å². The van der Waals surface area contributed by atoms with Gasteiger partial charge < -0.3 is 10.2 Å². The van der Waals surface area contributed by atoms with Crippen molar-refractivity contribution in [3.63, 3.8) is 0 Å². The Labute approximate surface area is 164 Å². The number of aromatic nitrogens is 3. The van der Waals surface area contributed by atoms with Gasteiger partial charge in [0.05, 0.1) is 5.69 Å². The predicted molar refractivity (Wildman–Crippen MR) is 106 cm³/mol. The lowest BCUT2D eigenvalue weighted by Crippen LogP contribution is -2.16. The quantitative estimate of drug-likeness (QED) is 0.506. The maximum Gasteiger partial charge on any atom is 0.267 e. The second-order valence-corrected chi connectivity index (χ2v) is 6.70. The summed E-state index contributed by atoms with van der Waals surface area (Å²) in [4.78, 5) is 21.1. The highest BCUT2D eigenvalue weighted by Crippen LogP contribution is 2.26. The molecular formula is C22H15FN4O2. The average Bonchev–Trinajstić information content (AvgIpc) is 3.29. The first-order valence-electron chi connectivity index (χ1n) is 9.00. The second kappa shape index (κ2) is 6.56. The van der Waals surface area contributed by atoms with Gasteiger partial charge in [0.15, 0.2) is 5.58 Å².